The summed E-state index contributed by atoms with van der Waals surface area (Å²) in [6, 6.07) is 10.2. The maximum absolute atomic E-state index is 12.6. The van der Waals surface area contributed by atoms with E-state index in [2.05, 4.69) is 9.72 Å². The zero-order valence-electron chi connectivity index (χ0n) is 12.6. The van der Waals surface area contributed by atoms with E-state index in [-0.39, 0.29) is 5.91 Å². The normalized spacial score (nSPS) is 15.9. The summed E-state index contributed by atoms with van der Waals surface area (Å²) in [5.41, 5.74) is 1.91. The number of amides is 1. The van der Waals surface area contributed by atoms with Crippen molar-refractivity contribution in [3.8, 4) is 0 Å². The highest BCUT2D eigenvalue weighted by Crippen LogP contribution is 2.36. The van der Waals surface area contributed by atoms with E-state index in [0.29, 0.717) is 20.5 Å². The van der Waals surface area contributed by atoms with Crippen molar-refractivity contribution in [1.82, 2.24) is 4.98 Å². The number of hydrogen-bond acceptors (Lipinski definition) is 6. The fourth-order valence-corrected chi connectivity index (χ4v) is 3.46. The molecule has 2 heterocycles. The molecular weight excluding hydrogens is 344 g/mol. The number of hydrogen-bond donors (Lipinski definition) is 0. The number of rotatable bonds is 3. The van der Waals surface area contributed by atoms with E-state index in [1.165, 1.54) is 23.8 Å². The number of nitrogens with zero attached hydrogens (tertiary/aromatic N) is 2. The average molecular weight is 356 g/mol. The number of carbonyl (C=O) groups excluding carboxylic acids is 2. The van der Waals surface area contributed by atoms with Gasteiger partial charge >= 0.3 is 5.97 Å². The quantitative estimate of drug-likeness (QED) is 0.478. The molecule has 0 aliphatic carbocycles. The lowest BCUT2D eigenvalue weighted by atomic mass is 10.2. The maximum Gasteiger partial charge on any atom is 0.337 e. The summed E-state index contributed by atoms with van der Waals surface area (Å²) < 4.78 is 5.11. The van der Waals surface area contributed by atoms with Crippen molar-refractivity contribution in [2.75, 3.05) is 12.0 Å². The second kappa shape index (κ2) is 6.94. The summed E-state index contributed by atoms with van der Waals surface area (Å²) in [6.07, 6.45) is 5.11. The minimum atomic E-state index is -0.426. The van der Waals surface area contributed by atoms with Gasteiger partial charge in [-0.15, -0.1) is 0 Å². The topological polar surface area (TPSA) is 59.5 Å². The molecule has 1 aliphatic heterocycles. The molecule has 0 unspecified atom stereocenters. The van der Waals surface area contributed by atoms with Crippen LogP contribution in [0.15, 0.2) is 53.7 Å². The second-order valence-electron chi connectivity index (χ2n) is 4.84. The standard InChI is InChI=1S/C17H12N2O3S2/c1-22-16(21)12-2-4-13(5-3-12)19-15(20)14(24-17(19)23)10-11-6-8-18-9-7-11/h2-10H,1H3/b14-10+. The number of aromatic nitrogens is 1. The number of thiocarbonyl (C=S) groups is 1. The molecule has 1 saturated heterocycles. The molecular formula is C17H12N2O3S2. The third kappa shape index (κ3) is 3.22. The van der Waals surface area contributed by atoms with Gasteiger partial charge < -0.3 is 4.74 Å². The predicted octanol–water partition coefficient (Wildman–Crippen LogP) is 3.27. The fraction of sp³-hybridized carbons (Fsp3) is 0.0588. The summed E-state index contributed by atoms with van der Waals surface area (Å²) in [7, 11) is 1.32. The van der Waals surface area contributed by atoms with Crippen LogP contribution < -0.4 is 4.90 Å². The Balaban J connectivity index is 1.87. The van der Waals surface area contributed by atoms with Gasteiger partial charge in [-0.1, -0.05) is 24.0 Å². The van der Waals surface area contributed by atoms with E-state index >= 15 is 0 Å². The SMILES string of the molecule is COC(=O)c1ccc(N2C(=O)/C(=C\c3ccncc3)SC2=S)cc1. The van der Waals surface area contributed by atoms with Gasteiger partial charge in [-0.05, 0) is 48.0 Å². The first-order chi connectivity index (χ1) is 11.6. The van der Waals surface area contributed by atoms with Crippen LogP contribution in [0.25, 0.3) is 6.08 Å². The Morgan fingerprint density at radius 2 is 1.88 bits per heavy atom. The van der Waals surface area contributed by atoms with Gasteiger partial charge in [0.05, 0.1) is 23.3 Å². The van der Waals surface area contributed by atoms with Crippen molar-refractivity contribution >= 4 is 51.9 Å². The monoisotopic (exact) mass is 356 g/mol. The first kappa shape index (κ1) is 16.4. The lowest BCUT2D eigenvalue weighted by molar-refractivity contribution is -0.113. The maximum atomic E-state index is 12.6. The van der Waals surface area contributed by atoms with Crippen molar-refractivity contribution < 1.29 is 14.3 Å². The van der Waals surface area contributed by atoms with Gasteiger partial charge in [0.2, 0.25) is 0 Å². The molecule has 24 heavy (non-hydrogen) atoms. The van der Waals surface area contributed by atoms with Crippen LogP contribution in [-0.2, 0) is 9.53 Å². The Labute approximate surface area is 148 Å². The van der Waals surface area contributed by atoms with E-state index in [9.17, 15) is 9.59 Å². The van der Waals surface area contributed by atoms with Gasteiger partial charge in [0, 0.05) is 12.4 Å². The van der Waals surface area contributed by atoms with E-state index in [1.807, 2.05) is 12.1 Å². The Morgan fingerprint density at radius 1 is 1.21 bits per heavy atom. The molecule has 1 amide bonds. The molecule has 0 atom stereocenters. The Hall–Kier alpha value is -2.51. The van der Waals surface area contributed by atoms with Crippen molar-refractivity contribution in [1.29, 1.82) is 0 Å². The summed E-state index contributed by atoms with van der Waals surface area (Å²) in [6.45, 7) is 0. The molecule has 120 valence electrons. The number of methoxy groups -OCH3 is 1. The zero-order valence-corrected chi connectivity index (χ0v) is 14.3. The lowest BCUT2D eigenvalue weighted by Crippen LogP contribution is -2.27. The van der Waals surface area contributed by atoms with Crippen LogP contribution in [0.3, 0.4) is 0 Å². The molecule has 0 radical (unpaired) electrons. The number of benzene rings is 1. The van der Waals surface area contributed by atoms with E-state index < -0.39 is 5.97 Å². The summed E-state index contributed by atoms with van der Waals surface area (Å²) in [5, 5.41) is 0. The second-order valence-corrected chi connectivity index (χ2v) is 6.51. The molecule has 3 rings (SSSR count). The van der Waals surface area contributed by atoms with Crippen molar-refractivity contribution in [2.24, 2.45) is 0 Å². The van der Waals surface area contributed by atoms with Crippen molar-refractivity contribution in [3.05, 3.63) is 64.8 Å². The van der Waals surface area contributed by atoms with Gasteiger partial charge in [0.25, 0.3) is 5.91 Å². The molecule has 1 aliphatic rings. The summed E-state index contributed by atoms with van der Waals surface area (Å²) >= 11 is 6.57. The van der Waals surface area contributed by atoms with Gasteiger partial charge in [-0.3, -0.25) is 14.7 Å². The molecule has 1 aromatic heterocycles. The summed E-state index contributed by atoms with van der Waals surface area (Å²) in [5.74, 6) is -0.614. The van der Waals surface area contributed by atoms with Crippen LogP contribution >= 0.6 is 24.0 Å². The molecule has 7 heteroatoms. The molecule has 1 fully saturated rings. The van der Waals surface area contributed by atoms with Crippen LogP contribution in [0.5, 0.6) is 0 Å². The van der Waals surface area contributed by atoms with Crippen LogP contribution in [0.2, 0.25) is 0 Å². The number of ether oxygens (including phenoxy) is 1. The smallest absolute Gasteiger partial charge is 0.337 e. The Morgan fingerprint density at radius 3 is 2.50 bits per heavy atom. The summed E-state index contributed by atoms with van der Waals surface area (Å²) in [4.78, 5) is 30.1. The predicted molar refractivity (Wildman–Crippen MR) is 97.7 cm³/mol. The molecule has 0 spiro atoms. The van der Waals surface area contributed by atoms with Crippen LogP contribution in [0, 0.1) is 0 Å². The zero-order chi connectivity index (χ0) is 17.1. The minimum Gasteiger partial charge on any atom is -0.465 e. The molecule has 0 bridgehead atoms. The lowest BCUT2D eigenvalue weighted by Gasteiger charge is -2.14. The Kier molecular flexibility index (Phi) is 4.73. The average Bonchev–Trinajstić information content (AvgIpc) is 2.89. The Bertz CT molecular complexity index is 833. The largest absolute Gasteiger partial charge is 0.465 e. The van der Waals surface area contributed by atoms with Crippen LogP contribution in [0.4, 0.5) is 5.69 Å². The van der Waals surface area contributed by atoms with E-state index in [1.54, 1.807) is 42.7 Å². The number of carbonyl (C=O) groups is 2. The first-order valence-corrected chi connectivity index (χ1v) is 8.19. The number of anilines is 1. The van der Waals surface area contributed by atoms with Crippen molar-refractivity contribution in [2.45, 2.75) is 0 Å². The molecule has 1 aromatic carbocycles. The van der Waals surface area contributed by atoms with E-state index in [4.69, 9.17) is 12.2 Å². The van der Waals surface area contributed by atoms with Crippen LogP contribution in [-0.4, -0.2) is 28.3 Å². The highest BCUT2D eigenvalue weighted by atomic mass is 32.2. The fourth-order valence-electron chi connectivity index (χ4n) is 2.17. The van der Waals surface area contributed by atoms with Gasteiger partial charge in [0.1, 0.15) is 0 Å². The minimum absolute atomic E-state index is 0.187. The molecule has 2 aromatic rings. The first-order valence-electron chi connectivity index (χ1n) is 6.96. The van der Waals surface area contributed by atoms with E-state index in [0.717, 1.165) is 5.56 Å². The molecule has 0 N–H and O–H groups in total. The third-order valence-electron chi connectivity index (χ3n) is 3.34. The van der Waals surface area contributed by atoms with Gasteiger partial charge in [-0.2, -0.15) is 0 Å². The van der Waals surface area contributed by atoms with Crippen molar-refractivity contribution in [3.63, 3.8) is 0 Å². The highest BCUT2D eigenvalue weighted by Gasteiger charge is 2.33. The molecule has 5 nitrogen and oxygen atoms in total. The van der Waals surface area contributed by atoms with Gasteiger partial charge in [-0.25, -0.2) is 4.79 Å². The third-order valence-corrected chi connectivity index (χ3v) is 4.65. The number of thioether (sulfide) groups is 1. The molecule has 0 saturated carbocycles. The highest BCUT2D eigenvalue weighted by molar-refractivity contribution is 8.27. The van der Waals surface area contributed by atoms with Gasteiger partial charge in [0.15, 0.2) is 4.32 Å². The van der Waals surface area contributed by atoms with Crippen LogP contribution in [0.1, 0.15) is 15.9 Å². The number of pyridine rings is 1. The number of esters is 1.